The van der Waals surface area contributed by atoms with Crippen molar-refractivity contribution in [2.24, 2.45) is 5.92 Å². The Labute approximate surface area is 183 Å². The van der Waals surface area contributed by atoms with Crippen molar-refractivity contribution in [2.75, 3.05) is 26.8 Å². The Morgan fingerprint density at radius 2 is 1.97 bits per heavy atom. The molecular weight excluding hydrogens is 392 g/mol. The Hall–Kier alpha value is -3.28. The molecule has 0 bridgehead atoms. The van der Waals surface area contributed by atoms with Crippen LogP contribution in [0.5, 0.6) is 11.5 Å². The van der Waals surface area contributed by atoms with Crippen molar-refractivity contribution in [3.05, 3.63) is 65.7 Å². The van der Waals surface area contributed by atoms with Crippen LogP contribution in [0.1, 0.15) is 37.4 Å². The van der Waals surface area contributed by atoms with Gasteiger partial charge in [0, 0.05) is 19.2 Å². The van der Waals surface area contributed by atoms with Gasteiger partial charge < -0.3 is 19.7 Å². The van der Waals surface area contributed by atoms with Gasteiger partial charge in [-0.3, -0.25) is 9.59 Å². The maximum atomic E-state index is 13.1. The Morgan fingerprint density at radius 1 is 1.19 bits per heavy atom. The summed E-state index contributed by atoms with van der Waals surface area (Å²) in [5.74, 6) is 1.54. The first-order valence-corrected chi connectivity index (χ1v) is 10.6. The van der Waals surface area contributed by atoms with E-state index in [0.29, 0.717) is 37.1 Å². The van der Waals surface area contributed by atoms with E-state index in [1.165, 1.54) is 0 Å². The van der Waals surface area contributed by atoms with Gasteiger partial charge in [-0.2, -0.15) is 0 Å². The third kappa shape index (κ3) is 6.10. The number of nitrogens with one attached hydrogen (secondary N) is 1. The molecule has 0 radical (unpaired) electrons. The largest absolute Gasteiger partial charge is 0.493 e. The minimum absolute atomic E-state index is 0.0464. The van der Waals surface area contributed by atoms with Crippen LogP contribution in [0.4, 0.5) is 0 Å². The highest BCUT2D eigenvalue weighted by molar-refractivity contribution is 5.93. The van der Waals surface area contributed by atoms with E-state index in [-0.39, 0.29) is 24.3 Å². The quantitative estimate of drug-likeness (QED) is 0.689. The molecule has 2 amide bonds. The standard InChI is InChI=1S/C25H30N2O4/c1-18(2)17-31-22-11-9-19(15-23(22)30-3)10-12-25(29)27-14-13-26-24(28)16-21(27)20-7-5-4-6-8-20/h4-12,15,18,21H,13-14,16-17H2,1-3H3,(H,26,28). The third-order valence-electron chi connectivity index (χ3n) is 5.08. The highest BCUT2D eigenvalue weighted by atomic mass is 16.5. The topological polar surface area (TPSA) is 67.9 Å². The van der Waals surface area contributed by atoms with Gasteiger partial charge >= 0.3 is 0 Å². The van der Waals surface area contributed by atoms with E-state index in [1.807, 2.05) is 48.5 Å². The summed E-state index contributed by atoms with van der Waals surface area (Å²) in [5, 5.41) is 2.86. The fraction of sp³-hybridized carbons (Fsp3) is 0.360. The van der Waals surface area contributed by atoms with Crippen LogP contribution in [0, 0.1) is 5.92 Å². The van der Waals surface area contributed by atoms with Gasteiger partial charge in [-0.15, -0.1) is 0 Å². The van der Waals surface area contributed by atoms with E-state index in [1.54, 1.807) is 24.2 Å². The molecule has 1 fully saturated rings. The summed E-state index contributed by atoms with van der Waals surface area (Å²) in [6, 6.07) is 15.0. The van der Waals surface area contributed by atoms with Gasteiger partial charge in [0.15, 0.2) is 11.5 Å². The minimum Gasteiger partial charge on any atom is -0.493 e. The molecule has 31 heavy (non-hydrogen) atoms. The first-order chi connectivity index (χ1) is 15.0. The highest BCUT2D eigenvalue weighted by Gasteiger charge is 2.28. The molecule has 1 heterocycles. The number of hydrogen-bond acceptors (Lipinski definition) is 4. The van der Waals surface area contributed by atoms with E-state index < -0.39 is 0 Å². The van der Waals surface area contributed by atoms with Gasteiger partial charge in [0.05, 0.1) is 26.2 Å². The molecule has 1 aliphatic heterocycles. The predicted octanol–water partition coefficient (Wildman–Crippen LogP) is 3.83. The molecule has 0 aliphatic carbocycles. The lowest BCUT2D eigenvalue weighted by Gasteiger charge is -2.28. The van der Waals surface area contributed by atoms with Crippen LogP contribution in [0.3, 0.4) is 0 Å². The Morgan fingerprint density at radius 3 is 2.68 bits per heavy atom. The fourth-order valence-corrected chi connectivity index (χ4v) is 3.49. The summed E-state index contributed by atoms with van der Waals surface area (Å²) in [4.78, 5) is 26.9. The summed E-state index contributed by atoms with van der Waals surface area (Å²) in [7, 11) is 1.60. The second kappa shape index (κ2) is 10.7. The van der Waals surface area contributed by atoms with Crippen LogP contribution < -0.4 is 14.8 Å². The minimum atomic E-state index is -0.290. The van der Waals surface area contributed by atoms with Crippen molar-refractivity contribution in [1.82, 2.24) is 10.2 Å². The molecule has 1 aliphatic rings. The molecule has 1 N–H and O–H groups in total. The number of rotatable bonds is 7. The molecule has 0 aromatic heterocycles. The van der Waals surface area contributed by atoms with Gasteiger partial charge in [-0.25, -0.2) is 0 Å². The van der Waals surface area contributed by atoms with Crippen molar-refractivity contribution in [1.29, 1.82) is 0 Å². The molecule has 2 aromatic rings. The predicted molar refractivity (Wildman–Crippen MR) is 121 cm³/mol. The summed E-state index contributed by atoms with van der Waals surface area (Å²) >= 11 is 0. The number of benzene rings is 2. The van der Waals surface area contributed by atoms with E-state index in [2.05, 4.69) is 19.2 Å². The van der Waals surface area contributed by atoms with Crippen LogP contribution in [0.2, 0.25) is 0 Å². The monoisotopic (exact) mass is 422 g/mol. The molecule has 6 heteroatoms. The molecule has 0 saturated carbocycles. The second-order valence-electron chi connectivity index (χ2n) is 7.96. The average Bonchev–Trinajstić information content (AvgIpc) is 2.98. The summed E-state index contributed by atoms with van der Waals surface area (Å²) in [5.41, 5.74) is 1.79. The first kappa shape index (κ1) is 22.4. The highest BCUT2D eigenvalue weighted by Crippen LogP contribution is 2.29. The lowest BCUT2D eigenvalue weighted by molar-refractivity contribution is -0.128. The van der Waals surface area contributed by atoms with E-state index >= 15 is 0 Å². The lowest BCUT2D eigenvalue weighted by Crippen LogP contribution is -2.35. The number of nitrogens with zero attached hydrogens (tertiary/aromatic N) is 1. The van der Waals surface area contributed by atoms with Crippen molar-refractivity contribution >= 4 is 17.9 Å². The molecule has 164 valence electrons. The number of ether oxygens (including phenoxy) is 2. The molecule has 2 aromatic carbocycles. The van der Waals surface area contributed by atoms with Crippen LogP contribution >= 0.6 is 0 Å². The zero-order chi connectivity index (χ0) is 22.2. The zero-order valence-electron chi connectivity index (χ0n) is 18.3. The van der Waals surface area contributed by atoms with Gasteiger partial charge in [0.2, 0.25) is 11.8 Å². The van der Waals surface area contributed by atoms with Crippen molar-refractivity contribution < 1.29 is 19.1 Å². The molecular formula is C25H30N2O4. The van der Waals surface area contributed by atoms with Gasteiger partial charge in [0.25, 0.3) is 0 Å². The SMILES string of the molecule is COc1cc(C=CC(=O)N2CCNC(=O)CC2c2ccccc2)ccc1OCC(C)C. The molecule has 3 rings (SSSR count). The number of carbonyl (C=O) groups is 2. The van der Waals surface area contributed by atoms with E-state index in [0.717, 1.165) is 11.1 Å². The van der Waals surface area contributed by atoms with Crippen molar-refractivity contribution in [3.63, 3.8) is 0 Å². The maximum absolute atomic E-state index is 13.1. The lowest BCUT2D eigenvalue weighted by atomic mass is 10.0. The Balaban J connectivity index is 1.77. The smallest absolute Gasteiger partial charge is 0.247 e. The van der Waals surface area contributed by atoms with Crippen molar-refractivity contribution in [3.8, 4) is 11.5 Å². The van der Waals surface area contributed by atoms with Gasteiger partial charge in [-0.1, -0.05) is 50.2 Å². The Kier molecular flexibility index (Phi) is 7.70. The first-order valence-electron chi connectivity index (χ1n) is 10.6. The zero-order valence-corrected chi connectivity index (χ0v) is 18.3. The van der Waals surface area contributed by atoms with Crippen LogP contribution in [-0.2, 0) is 9.59 Å². The normalized spacial score (nSPS) is 16.8. The van der Waals surface area contributed by atoms with E-state index in [9.17, 15) is 9.59 Å². The van der Waals surface area contributed by atoms with Gasteiger partial charge in [0.1, 0.15) is 0 Å². The third-order valence-corrected chi connectivity index (χ3v) is 5.08. The van der Waals surface area contributed by atoms with Gasteiger partial charge in [-0.05, 0) is 35.3 Å². The number of hydrogen-bond donors (Lipinski definition) is 1. The average molecular weight is 423 g/mol. The second-order valence-corrected chi connectivity index (χ2v) is 7.96. The summed E-state index contributed by atoms with van der Waals surface area (Å²) in [6.45, 7) is 5.68. The number of amides is 2. The molecule has 1 saturated heterocycles. The van der Waals surface area contributed by atoms with Crippen LogP contribution in [0.15, 0.2) is 54.6 Å². The van der Waals surface area contributed by atoms with E-state index in [4.69, 9.17) is 9.47 Å². The molecule has 1 unspecified atom stereocenters. The van der Waals surface area contributed by atoms with Crippen molar-refractivity contribution in [2.45, 2.75) is 26.3 Å². The maximum Gasteiger partial charge on any atom is 0.247 e. The molecule has 0 spiro atoms. The van der Waals surface area contributed by atoms with Crippen LogP contribution in [0.25, 0.3) is 6.08 Å². The summed E-state index contributed by atoms with van der Waals surface area (Å²) in [6.07, 6.45) is 3.56. The molecule has 1 atom stereocenters. The number of methoxy groups -OCH3 is 1. The summed E-state index contributed by atoms with van der Waals surface area (Å²) < 4.78 is 11.2. The van der Waals surface area contributed by atoms with Crippen LogP contribution in [-0.4, -0.2) is 43.5 Å². The number of carbonyl (C=O) groups excluding carboxylic acids is 2. The fourth-order valence-electron chi connectivity index (χ4n) is 3.49. The molecule has 6 nitrogen and oxygen atoms in total. The Bertz CT molecular complexity index is 924.